The van der Waals surface area contributed by atoms with Crippen LogP contribution in [0.15, 0.2) is 51.7 Å². The van der Waals surface area contributed by atoms with Crippen LogP contribution in [-0.2, 0) is 0 Å². The lowest BCUT2D eigenvalue weighted by molar-refractivity contribution is 0.0970. The molecule has 0 N–H and O–H groups in total. The number of nitrogens with zero attached hydrogens (tertiary/aromatic N) is 3. The van der Waals surface area contributed by atoms with Crippen LogP contribution < -0.4 is 15.1 Å². The van der Waals surface area contributed by atoms with Crippen molar-refractivity contribution in [1.29, 1.82) is 0 Å². The number of methoxy groups -OCH3 is 1. The first-order valence-electron chi connectivity index (χ1n) is 9.02. The molecule has 1 amide bonds. The average Bonchev–Trinajstić information content (AvgIpc) is 3.29. The molecule has 0 fully saturated rings. The van der Waals surface area contributed by atoms with E-state index in [-0.39, 0.29) is 22.3 Å². The van der Waals surface area contributed by atoms with E-state index in [1.54, 1.807) is 37.3 Å². The van der Waals surface area contributed by atoms with E-state index in [1.165, 1.54) is 35.5 Å². The van der Waals surface area contributed by atoms with Gasteiger partial charge in [-0.3, -0.25) is 14.5 Å². The Bertz CT molecular complexity index is 1360. The third kappa shape index (κ3) is 2.70. The highest BCUT2D eigenvalue weighted by Crippen LogP contribution is 2.42. The zero-order chi connectivity index (χ0) is 21.0. The Kier molecular flexibility index (Phi) is 4.14. The maximum Gasteiger partial charge on any atom is 0.297 e. The topological polar surface area (TPSA) is 85.5 Å². The van der Waals surface area contributed by atoms with Crippen molar-refractivity contribution in [3.05, 3.63) is 80.4 Å². The van der Waals surface area contributed by atoms with Crippen molar-refractivity contribution < 1.29 is 18.3 Å². The summed E-state index contributed by atoms with van der Waals surface area (Å²) in [5.41, 5.74) is 0.675. The zero-order valence-electron chi connectivity index (χ0n) is 15.9. The summed E-state index contributed by atoms with van der Waals surface area (Å²) >= 11 is 1.22. The number of amides is 1. The maximum atomic E-state index is 13.5. The summed E-state index contributed by atoms with van der Waals surface area (Å²) in [6.45, 7) is 1.77. The molecule has 150 valence electrons. The first-order chi connectivity index (χ1) is 14.5. The van der Waals surface area contributed by atoms with Gasteiger partial charge in [0.1, 0.15) is 22.2 Å². The summed E-state index contributed by atoms with van der Waals surface area (Å²) in [7, 11) is 1.50. The summed E-state index contributed by atoms with van der Waals surface area (Å²) < 4.78 is 24.6. The molecular weight excluding hydrogens is 409 g/mol. The number of ether oxygens (including phenoxy) is 1. The number of rotatable bonds is 3. The Balaban J connectivity index is 1.80. The number of benzene rings is 2. The minimum absolute atomic E-state index is 0.0667. The number of carbonyl (C=O) groups is 1. The average molecular weight is 423 g/mol. The Morgan fingerprint density at radius 2 is 1.90 bits per heavy atom. The summed E-state index contributed by atoms with van der Waals surface area (Å²) in [6.07, 6.45) is 0. The molecule has 3 heterocycles. The van der Waals surface area contributed by atoms with Crippen molar-refractivity contribution in [3.8, 4) is 5.75 Å². The number of hydrogen-bond acceptors (Lipinski definition) is 7. The Morgan fingerprint density at radius 3 is 2.57 bits per heavy atom. The predicted octanol–water partition coefficient (Wildman–Crippen LogP) is 3.85. The predicted molar refractivity (Wildman–Crippen MR) is 109 cm³/mol. The third-order valence-electron chi connectivity index (χ3n) is 4.99. The zero-order valence-corrected chi connectivity index (χ0v) is 16.7. The minimum atomic E-state index is -0.803. The molecule has 0 unspecified atom stereocenters. The lowest BCUT2D eigenvalue weighted by Gasteiger charge is -2.22. The summed E-state index contributed by atoms with van der Waals surface area (Å²) in [6, 6.07) is 9.68. The van der Waals surface area contributed by atoms with Crippen LogP contribution in [0.1, 0.15) is 32.7 Å². The molecule has 5 rings (SSSR count). The summed E-state index contributed by atoms with van der Waals surface area (Å²) in [5, 5.41) is 9.40. The molecule has 2 aromatic carbocycles. The summed E-state index contributed by atoms with van der Waals surface area (Å²) in [5.74, 6) is -0.484. The molecule has 0 saturated heterocycles. The van der Waals surface area contributed by atoms with Gasteiger partial charge >= 0.3 is 0 Å². The van der Waals surface area contributed by atoms with E-state index in [9.17, 15) is 14.0 Å². The van der Waals surface area contributed by atoms with Crippen LogP contribution in [0.4, 0.5) is 9.52 Å². The fraction of sp³-hybridized carbons (Fsp3) is 0.143. The van der Waals surface area contributed by atoms with Crippen molar-refractivity contribution in [2.24, 2.45) is 0 Å². The monoisotopic (exact) mass is 423 g/mol. The van der Waals surface area contributed by atoms with Crippen molar-refractivity contribution in [2.45, 2.75) is 13.0 Å². The number of halogens is 1. The Labute approximate surface area is 173 Å². The normalized spacial score (nSPS) is 15.6. The molecule has 1 aliphatic rings. The maximum absolute atomic E-state index is 13.5. The first-order valence-corrected chi connectivity index (χ1v) is 9.83. The van der Waals surface area contributed by atoms with Crippen molar-refractivity contribution in [1.82, 2.24) is 10.2 Å². The van der Waals surface area contributed by atoms with Gasteiger partial charge in [0.15, 0.2) is 5.43 Å². The van der Waals surface area contributed by atoms with E-state index in [2.05, 4.69) is 10.2 Å². The van der Waals surface area contributed by atoms with E-state index in [4.69, 9.17) is 9.15 Å². The molecular formula is C21H14FN3O4S. The van der Waals surface area contributed by atoms with Gasteiger partial charge in [-0.05, 0) is 36.8 Å². The van der Waals surface area contributed by atoms with Crippen molar-refractivity contribution in [2.75, 3.05) is 12.0 Å². The second-order valence-electron chi connectivity index (χ2n) is 6.77. The van der Waals surface area contributed by atoms with Gasteiger partial charge in [0.05, 0.1) is 24.1 Å². The summed E-state index contributed by atoms with van der Waals surface area (Å²) in [4.78, 5) is 28.1. The second kappa shape index (κ2) is 6.74. The van der Waals surface area contributed by atoms with Gasteiger partial charge in [-0.2, -0.15) is 0 Å². The van der Waals surface area contributed by atoms with Crippen LogP contribution >= 0.6 is 11.3 Å². The Hall–Kier alpha value is -3.59. The quantitative estimate of drug-likeness (QED) is 0.498. The fourth-order valence-electron chi connectivity index (χ4n) is 3.62. The Morgan fingerprint density at radius 1 is 1.13 bits per heavy atom. The molecule has 0 radical (unpaired) electrons. The SMILES string of the molecule is COc1ccc2c(=O)c3c(oc2c1)C(=O)N(c1nnc(C)s1)[C@H]3c1ccc(F)cc1. The first kappa shape index (κ1) is 18.4. The molecule has 4 aromatic rings. The molecule has 0 bridgehead atoms. The van der Waals surface area contributed by atoms with Crippen molar-refractivity contribution in [3.63, 3.8) is 0 Å². The molecule has 7 nitrogen and oxygen atoms in total. The van der Waals surface area contributed by atoms with Crippen LogP contribution in [-0.4, -0.2) is 23.2 Å². The lowest BCUT2D eigenvalue weighted by atomic mass is 9.98. The molecule has 0 saturated carbocycles. The van der Waals surface area contributed by atoms with Gasteiger partial charge in [-0.1, -0.05) is 23.5 Å². The molecule has 9 heteroatoms. The third-order valence-corrected chi connectivity index (χ3v) is 5.82. The molecule has 0 spiro atoms. The fourth-order valence-corrected chi connectivity index (χ4v) is 4.33. The van der Waals surface area contributed by atoms with Gasteiger partial charge < -0.3 is 9.15 Å². The van der Waals surface area contributed by atoms with E-state index in [0.717, 1.165) is 0 Å². The molecule has 0 aliphatic carbocycles. The van der Waals surface area contributed by atoms with Gasteiger partial charge in [0.2, 0.25) is 10.9 Å². The largest absolute Gasteiger partial charge is 0.497 e. The molecule has 2 aromatic heterocycles. The lowest BCUT2D eigenvalue weighted by Crippen LogP contribution is -2.29. The van der Waals surface area contributed by atoms with Gasteiger partial charge in [-0.15, -0.1) is 10.2 Å². The van der Waals surface area contributed by atoms with E-state index < -0.39 is 17.8 Å². The smallest absolute Gasteiger partial charge is 0.297 e. The van der Waals surface area contributed by atoms with Crippen LogP contribution in [0.5, 0.6) is 5.75 Å². The van der Waals surface area contributed by atoms with E-state index >= 15 is 0 Å². The van der Waals surface area contributed by atoms with E-state index in [1.807, 2.05) is 0 Å². The number of carbonyl (C=O) groups excluding carboxylic acids is 1. The number of aryl methyl sites for hydroxylation is 1. The van der Waals surface area contributed by atoms with Crippen LogP contribution in [0.2, 0.25) is 0 Å². The van der Waals surface area contributed by atoms with Crippen LogP contribution in [0, 0.1) is 12.7 Å². The molecule has 1 atom stereocenters. The highest BCUT2D eigenvalue weighted by molar-refractivity contribution is 7.15. The number of fused-ring (bicyclic) bond motifs is 2. The van der Waals surface area contributed by atoms with Crippen LogP contribution in [0.3, 0.4) is 0 Å². The molecule has 1 aliphatic heterocycles. The van der Waals surface area contributed by atoms with Gasteiger partial charge in [0.25, 0.3) is 5.91 Å². The second-order valence-corrected chi connectivity index (χ2v) is 7.93. The number of anilines is 1. The minimum Gasteiger partial charge on any atom is -0.497 e. The highest BCUT2D eigenvalue weighted by Gasteiger charge is 2.45. The van der Waals surface area contributed by atoms with Gasteiger partial charge in [-0.25, -0.2) is 4.39 Å². The van der Waals surface area contributed by atoms with E-state index in [0.29, 0.717) is 26.8 Å². The molecule has 30 heavy (non-hydrogen) atoms. The highest BCUT2D eigenvalue weighted by atomic mass is 32.1. The van der Waals surface area contributed by atoms with Crippen molar-refractivity contribution >= 4 is 33.3 Å². The standard InChI is InChI=1S/C21H14FN3O4S/c1-10-23-24-21(30-10)25-17(11-3-5-12(22)6-4-11)16-18(26)14-8-7-13(28-2)9-15(14)29-19(16)20(25)27/h3-9,17H,1-2H3/t17-/m0/s1. The number of aromatic nitrogens is 2. The van der Waals surface area contributed by atoms with Gasteiger partial charge in [0, 0.05) is 6.07 Å². The number of hydrogen-bond donors (Lipinski definition) is 0. The van der Waals surface area contributed by atoms with Crippen LogP contribution in [0.25, 0.3) is 11.0 Å².